The Kier molecular flexibility index (Phi) is 6.76. The van der Waals surface area contributed by atoms with Crippen LogP contribution >= 0.6 is 0 Å². The Morgan fingerprint density at radius 2 is 1.83 bits per heavy atom. The lowest BCUT2D eigenvalue weighted by Gasteiger charge is -2.20. The highest BCUT2D eigenvalue weighted by molar-refractivity contribution is 6.04. The number of anilines is 1. The number of carbonyl (C=O) groups excluding carboxylic acids is 2. The van der Waals surface area contributed by atoms with Crippen molar-refractivity contribution in [3.05, 3.63) is 29.8 Å². The molecule has 0 fully saturated rings. The van der Waals surface area contributed by atoms with Gasteiger partial charge in [0.05, 0.1) is 17.4 Å². The number of benzene rings is 1. The molecule has 0 aliphatic rings. The van der Waals surface area contributed by atoms with Crippen LogP contribution in [-0.2, 0) is 4.79 Å². The van der Waals surface area contributed by atoms with Crippen molar-refractivity contribution in [2.45, 2.75) is 47.1 Å². The molecule has 0 spiro atoms. The third kappa shape index (κ3) is 5.67. The van der Waals surface area contributed by atoms with Crippen molar-refractivity contribution in [3.8, 4) is 0 Å². The predicted octanol–water partition coefficient (Wildman–Crippen LogP) is 2.81. The van der Waals surface area contributed by atoms with E-state index >= 15 is 0 Å². The van der Waals surface area contributed by atoms with E-state index in [2.05, 4.69) is 10.6 Å². The number of aliphatic hydroxyl groups is 1. The van der Waals surface area contributed by atoms with Crippen LogP contribution in [0.25, 0.3) is 0 Å². The minimum atomic E-state index is -0.583. The number of hydrogen-bond acceptors (Lipinski definition) is 3. The lowest BCUT2D eigenvalue weighted by molar-refractivity contribution is -0.123. The third-order valence-electron chi connectivity index (χ3n) is 3.87. The van der Waals surface area contributed by atoms with Gasteiger partial charge >= 0.3 is 0 Å². The highest BCUT2D eigenvalue weighted by atomic mass is 16.3. The smallest absolute Gasteiger partial charge is 0.253 e. The van der Waals surface area contributed by atoms with Crippen molar-refractivity contribution in [1.82, 2.24) is 5.32 Å². The molecule has 0 radical (unpaired) electrons. The molecule has 5 nitrogen and oxygen atoms in total. The van der Waals surface area contributed by atoms with Gasteiger partial charge in [-0.2, -0.15) is 0 Å². The molecule has 1 rings (SSSR count). The average Bonchev–Trinajstić information content (AvgIpc) is 2.50. The number of amides is 2. The maximum absolute atomic E-state index is 12.3. The molecule has 1 aromatic carbocycles. The van der Waals surface area contributed by atoms with E-state index in [9.17, 15) is 14.7 Å². The summed E-state index contributed by atoms with van der Waals surface area (Å²) in [5, 5.41) is 15.5. The Balaban J connectivity index is 2.80. The maximum Gasteiger partial charge on any atom is 0.253 e. The molecule has 23 heavy (non-hydrogen) atoms. The van der Waals surface area contributed by atoms with E-state index in [0.29, 0.717) is 11.3 Å². The summed E-state index contributed by atoms with van der Waals surface area (Å²) in [5.41, 5.74) is 0.320. The van der Waals surface area contributed by atoms with Crippen LogP contribution in [0, 0.1) is 11.3 Å². The van der Waals surface area contributed by atoms with Crippen molar-refractivity contribution in [3.63, 3.8) is 0 Å². The highest BCUT2D eigenvalue weighted by Crippen LogP contribution is 2.20. The lowest BCUT2D eigenvalue weighted by atomic mass is 9.95. The summed E-state index contributed by atoms with van der Waals surface area (Å²) < 4.78 is 0. The van der Waals surface area contributed by atoms with Gasteiger partial charge in [0, 0.05) is 12.0 Å². The summed E-state index contributed by atoms with van der Waals surface area (Å²) in [6, 6.07) is 6.86. The van der Waals surface area contributed by atoms with Crippen molar-refractivity contribution < 1.29 is 14.7 Å². The standard InChI is InChI=1S/C18H28N2O3/c1-6-12(2)15(21)11-19-16(22)13-9-7-8-10-14(13)20-17(23)18(3,4)5/h7-10,12,15,21H,6,11H2,1-5H3,(H,19,22)(H,20,23). The van der Waals surface area contributed by atoms with Crippen LogP contribution < -0.4 is 10.6 Å². The molecule has 0 saturated carbocycles. The van der Waals surface area contributed by atoms with Gasteiger partial charge in [0.2, 0.25) is 5.91 Å². The first-order chi connectivity index (χ1) is 10.7. The van der Waals surface area contributed by atoms with Gasteiger partial charge in [-0.05, 0) is 18.1 Å². The molecular formula is C18H28N2O3. The van der Waals surface area contributed by atoms with Crippen LogP contribution in [0.5, 0.6) is 0 Å². The second-order valence-corrected chi connectivity index (χ2v) is 6.91. The van der Waals surface area contributed by atoms with Gasteiger partial charge in [0.1, 0.15) is 0 Å². The number of nitrogens with one attached hydrogen (secondary N) is 2. The normalized spacial score (nSPS) is 14.0. The maximum atomic E-state index is 12.3. The summed E-state index contributed by atoms with van der Waals surface area (Å²) in [5.74, 6) is -0.347. The fraction of sp³-hybridized carbons (Fsp3) is 0.556. The van der Waals surface area contributed by atoms with E-state index < -0.39 is 11.5 Å². The van der Waals surface area contributed by atoms with Gasteiger partial charge in [-0.15, -0.1) is 0 Å². The van der Waals surface area contributed by atoms with E-state index in [1.165, 1.54) is 0 Å². The van der Waals surface area contributed by atoms with Crippen LogP contribution in [0.4, 0.5) is 5.69 Å². The molecule has 0 aliphatic carbocycles. The Labute approximate surface area is 138 Å². The Bertz CT molecular complexity index is 549. The molecule has 1 aromatic rings. The van der Waals surface area contributed by atoms with Crippen molar-refractivity contribution in [2.75, 3.05) is 11.9 Å². The summed E-state index contributed by atoms with van der Waals surface area (Å²) in [6.07, 6.45) is 0.259. The number of hydrogen-bond donors (Lipinski definition) is 3. The van der Waals surface area contributed by atoms with Gasteiger partial charge in [0.15, 0.2) is 0 Å². The average molecular weight is 320 g/mol. The zero-order valence-electron chi connectivity index (χ0n) is 14.6. The lowest BCUT2D eigenvalue weighted by Crippen LogP contribution is -2.36. The highest BCUT2D eigenvalue weighted by Gasteiger charge is 2.23. The Morgan fingerprint density at radius 1 is 1.22 bits per heavy atom. The Morgan fingerprint density at radius 3 is 2.39 bits per heavy atom. The molecule has 0 heterocycles. The van der Waals surface area contributed by atoms with Crippen molar-refractivity contribution in [2.24, 2.45) is 11.3 Å². The third-order valence-corrected chi connectivity index (χ3v) is 3.87. The molecule has 2 amide bonds. The SMILES string of the molecule is CCC(C)C(O)CNC(=O)c1ccccc1NC(=O)C(C)(C)C. The van der Waals surface area contributed by atoms with Crippen LogP contribution in [0.15, 0.2) is 24.3 Å². The van der Waals surface area contributed by atoms with E-state index in [-0.39, 0.29) is 24.3 Å². The Hall–Kier alpha value is -1.88. The number of para-hydroxylation sites is 1. The minimum absolute atomic E-state index is 0.117. The number of aliphatic hydroxyl groups excluding tert-OH is 1. The van der Waals surface area contributed by atoms with Gasteiger partial charge in [-0.3, -0.25) is 9.59 Å². The zero-order valence-corrected chi connectivity index (χ0v) is 14.6. The molecule has 3 N–H and O–H groups in total. The fourth-order valence-corrected chi connectivity index (χ4v) is 1.87. The first-order valence-corrected chi connectivity index (χ1v) is 8.03. The first-order valence-electron chi connectivity index (χ1n) is 8.03. The molecule has 0 saturated heterocycles. The zero-order chi connectivity index (χ0) is 17.6. The van der Waals surface area contributed by atoms with Gasteiger partial charge in [0.25, 0.3) is 5.91 Å². The quantitative estimate of drug-likeness (QED) is 0.754. The van der Waals surface area contributed by atoms with E-state index in [1.807, 2.05) is 34.6 Å². The van der Waals surface area contributed by atoms with Gasteiger partial charge in [-0.25, -0.2) is 0 Å². The summed E-state index contributed by atoms with van der Waals surface area (Å²) >= 11 is 0. The van der Waals surface area contributed by atoms with E-state index in [0.717, 1.165) is 6.42 Å². The molecule has 128 valence electrons. The van der Waals surface area contributed by atoms with Crippen LogP contribution in [0.3, 0.4) is 0 Å². The predicted molar refractivity (Wildman–Crippen MR) is 92.3 cm³/mol. The second kappa shape index (κ2) is 8.11. The molecule has 2 unspecified atom stereocenters. The number of carbonyl (C=O) groups is 2. The monoisotopic (exact) mass is 320 g/mol. The topological polar surface area (TPSA) is 78.4 Å². The van der Waals surface area contributed by atoms with E-state index in [4.69, 9.17) is 0 Å². The van der Waals surface area contributed by atoms with Gasteiger partial charge in [-0.1, -0.05) is 53.2 Å². The largest absolute Gasteiger partial charge is 0.391 e. The fourth-order valence-electron chi connectivity index (χ4n) is 1.87. The summed E-state index contributed by atoms with van der Waals surface area (Å²) in [4.78, 5) is 24.5. The molecule has 0 aromatic heterocycles. The molecule has 0 aliphatic heterocycles. The van der Waals surface area contributed by atoms with Gasteiger partial charge < -0.3 is 15.7 Å². The van der Waals surface area contributed by atoms with E-state index in [1.54, 1.807) is 24.3 Å². The van der Waals surface area contributed by atoms with Crippen LogP contribution in [0.2, 0.25) is 0 Å². The molecular weight excluding hydrogens is 292 g/mol. The van der Waals surface area contributed by atoms with Crippen molar-refractivity contribution in [1.29, 1.82) is 0 Å². The summed E-state index contributed by atoms with van der Waals surface area (Å²) in [7, 11) is 0. The first kappa shape index (κ1) is 19.2. The molecule has 2 atom stereocenters. The van der Waals surface area contributed by atoms with Crippen LogP contribution in [0.1, 0.15) is 51.4 Å². The minimum Gasteiger partial charge on any atom is -0.391 e. The molecule has 5 heteroatoms. The van der Waals surface area contributed by atoms with Crippen molar-refractivity contribution >= 4 is 17.5 Å². The number of rotatable bonds is 6. The van der Waals surface area contributed by atoms with Crippen LogP contribution in [-0.4, -0.2) is 29.6 Å². The second-order valence-electron chi connectivity index (χ2n) is 6.91. The summed E-state index contributed by atoms with van der Waals surface area (Å²) in [6.45, 7) is 9.56. The molecule has 0 bridgehead atoms.